The number of nitrogens with zero attached hydrogens (tertiary/aromatic N) is 3. The summed E-state index contributed by atoms with van der Waals surface area (Å²) >= 11 is 0. The molecule has 0 spiro atoms. The number of esters is 1. The predicted octanol–water partition coefficient (Wildman–Crippen LogP) is 6.23. The Morgan fingerprint density at radius 3 is 2.54 bits per heavy atom. The van der Waals surface area contributed by atoms with E-state index in [1.165, 1.54) is 5.56 Å². The van der Waals surface area contributed by atoms with Crippen molar-refractivity contribution in [2.24, 2.45) is 5.92 Å². The highest BCUT2D eigenvalue weighted by Gasteiger charge is 2.30. The zero-order chi connectivity index (χ0) is 28.8. The van der Waals surface area contributed by atoms with Gasteiger partial charge in [-0.05, 0) is 80.9 Å². The van der Waals surface area contributed by atoms with Crippen LogP contribution in [-0.4, -0.2) is 67.7 Å². The van der Waals surface area contributed by atoms with Crippen molar-refractivity contribution in [3.05, 3.63) is 60.3 Å². The van der Waals surface area contributed by atoms with Gasteiger partial charge in [-0.15, -0.1) is 0 Å². The average Bonchev–Trinajstić information content (AvgIpc) is 3.58. The summed E-state index contributed by atoms with van der Waals surface area (Å²) in [4.78, 5) is 14.4. The number of hydrogen-bond acceptors (Lipinski definition) is 7. The largest absolute Gasteiger partial charge is 0.488 e. The molecule has 1 aromatic heterocycles. The molecule has 1 saturated heterocycles. The van der Waals surface area contributed by atoms with Crippen molar-refractivity contribution in [1.82, 2.24) is 14.7 Å². The first kappa shape index (κ1) is 29.4. The Morgan fingerprint density at radius 1 is 1.05 bits per heavy atom. The normalized spacial score (nSPS) is 17.7. The Hall–Kier alpha value is -3.14. The number of benzene rings is 2. The molecule has 0 saturated carbocycles. The van der Waals surface area contributed by atoms with Crippen LogP contribution in [0, 0.1) is 5.92 Å². The Balaban J connectivity index is 1.11. The third kappa shape index (κ3) is 7.99. The van der Waals surface area contributed by atoms with Crippen LogP contribution in [0.2, 0.25) is 25.7 Å². The first-order valence-corrected chi connectivity index (χ1v) is 18.5. The Kier molecular flexibility index (Phi) is 9.47. The standard InChI is InChI=1S/C32H43N3O5Si/c1-5-38-32(36)25-13-16-34(17-14-25)22-29-20-26-8-11-28(21-31(26)40-29)39-27-9-6-24(7-10-27)30-12-15-33-35(30)23-37-18-19-41(2,3)4/h6-12,15,21,25,29H,5,13-14,16-20,22-23H2,1-4H3. The van der Waals surface area contributed by atoms with Crippen LogP contribution >= 0.6 is 0 Å². The molecule has 0 N–H and O–H groups in total. The summed E-state index contributed by atoms with van der Waals surface area (Å²) < 4.78 is 25.5. The number of carbonyl (C=O) groups excluding carboxylic acids is 1. The van der Waals surface area contributed by atoms with Crippen LogP contribution in [0.1, 0.15) is 25.3 Å². The highest BCUT2D eigenvalue weighted by Crippen LogP contribution is 2.35. The lowest BCUT2D eigenvalue weighted by Crippen LogP contribution is -2.42. The second kappa shape index (κ2) is 13.2. The molecule has 2 aliphatic heterocycles. The van der Waals surface area contributed by atoms with E-state index in [2.05, 4.69) is 47.8 Å². The van der Waals surface area contributed by atoms with E-state index < -0.39 is 8.07 Å². The highest BCUT2D eigenvalue weighted by atomic mass is 28.3. The van der Waals surface area contributed by atoms with Gasteiger partial charge in [0.2, 0.25) is 0 Å². The molecule has 1 atom stereocenters. The third-order valence-electron chi connectivity index (χ3n) is 7.76. The van der Waals surface area contributed by atoms with Gasteiger partial charge in [0.1, 0.15) is 30.1 Å². The molecular weight excluding hydrogens is 534 g/mol. The predicted molar refractivity (Wildman–Crippen MR) is 162 cm³/mol. The third-order valence-corrected chi connectivity index (χ3v) is 9.47. The average molecular weight is 578 g/mol. The van der Waals surface area contributed by atoms with Gasteiger partial charge in [-0.2, -0.15) is 5.10 Å². The maximum Gasteiger partial charge on any atom is 0.309 e. The van der Waals surface area contributed by atoms with Crippen LogP contribution < -0.4 is 9.47 Å². The molecule has 9 heteroatoms. The lowest BCUT2D eigenvalue weighted by atomic mass is 9.96. The molecule has 41 heavy (non-hydrogen) atoms. The van der Waals surface area contributed by atoms with Crippen LogP contribution in [-0.2, 0) is 27.4 Å². The van der Waals surface area contributed by atoms with E-state index in [0.717, 1.165) is 80.1 Å². The van der Waals surface area contributed by atoms with Crippen LogP contribution in [0.15, 0.2) is 54.7 Å². The van der Waals surface area contributed by atoms with Gasteiger partial charge in [-0.25, -0.2) is 4.68 Å². The molecule has 1 unspecified atom stereocenters. The highest BCUT2D eigenvalue weighted by molar-refractivity contribution is 6.76. The van der Waals surface area contributed by atoms with Crippen molar-refractivity contribution < 1.29 is 23.7 Å². The molecule has 0 radical (unpaired) electrons. The second-order valence-electron chi connectivity index (χ2n) is 12.2. The van der Waals surface area contributed by atoms with E-state index in [1.807, 2.05) is 48.1 Å². The summed E-state index contributed by atoms with van der Waals surface area (Å²) in [5.74, 6) is 2.40. The summed E-state index contributed by atoms with van der Waals surface area (Å²) in [5.41, 5.74) is 3.29. The van der Waals surface area contributed by atoms with Crippen LogP contribution in [0.3, 0.4) is 0 Å². The lowest BCUT2D eigenvalue weighted by Gasteiger charge is -2.32. The van der Waals surface area contributed by atoms with Gasteiger partial charge in [-0.3, -0.25) is 9.69 Å². The van der Waals surface area contributed by atoms with E-state index >= 15 is 0 Å². The number of aromatic nitrogens is 2. The van der Waals surface area contributed by atoms with Crippen molar-refractivity contribution in [3.63, 3.8) is 0 Å². The fourth-order valence-electron chi connectivity index (χ4n) is 5.38. The molecule has 5 rings (SSSR count). The van der Waals surface area contributed by atoms with E-state index in [1.54, 1.807) is 0 Å². The summed E-state index contributed by atoms with van der Waals surface area (Å²) in [6, 6.07) is 17.3. The zero-order valence-electron chi connectivity index (χ0n) is 24.8. The molecule has 1 fully saturated rings. The quantitative estimate of drug-likeness (QED) is 0.143. The second-order valence-corrected chi connectivity index (χ2v) is 17.9. The van der Waals surface area contributed by atoms with Crippen LogP contribution in [0.25, 0.3) is 11.3 Å². The summed E-state index contributed by atoms with van der Waals surface area (Å²) in [5, 5.41) is 4.45. The van der Waals surface area contributed by atoms with E-state index in [-0.39, 0.29) is 18.0 Å². The van der Waals surface area contributed by atoms with Crippen molar-refractivity contribution in [2.75, 3.05) is 32.8 Å². The number of likely N-dealkylation sites (tertiary alicyclic amines) is 1. The molecule has 8 nitrogen and oxygen atoms in total. The van der Waals surface area contributed by atoms with Crippen LogP contribution in [0.5, 0.6) is 17.2 Å². The molecule has 3 aromatic rings. The van der Waals surface area contributed by atoms with Gasteiger partial charge < -0.3 is 18.9 Å². The smallest absolute Gasteiger partial charge is 0.309 e. The van der Waals surface area contributed by atoms with Crippen molar-refractivity contribution in [2.45, 2.75) is 64.7 Å². The number of hydrogen-bond donors (Lipinski definition) is 0. The van der Waals surface area contributed by atoms with Crippen molar-refractivity contribution in [3.8, 4) is 28.5 Å². The van der Waals surface area contributed by atoms with Gasteiger partial charge in [0.25, 0.3) is 0 Å². The van der Waals surface area contributed by atoms with Gasteiger partial charge in [0.05, 0.1) is 18.2 Å². The maximum absolute atomic E-state index is 12.0. The molecule has 0 aliphatic carbocycles. The van der Waals surface area contributed by atoms with E-state index in [0.29, 0.717) is 13.3 Å². The fourth-order valence-corrected chi connectivity index (χ4v) is 6.14. The molecule has 3 heterocycles. The summed E-state index contributed by atoms with van der Waals surface area (Å²) in [6.45, 7) is 13.3. The van der Waals surface area contributed by atoms with Crippen LogP contribution in [0.4, 0.5) is 0 Å². The summed E-state index contributed by atoms with van der Waals surface area (Å²) in [6.07, 6.45) is 4.51. The minimum atomic E-state index is -1.11. The molecule has 220 valence electrons. The summed E-state index contributed by atoms with van der Waals surface area (Å²) in [7, 11) is -1.11. The first-order valence-electron chi connectivity index (χ1n) is 14.8. The van der Waals surface area contributed by atoms with E-state index in [9.17, 15) is 4.79 Å². The topological polar surface area (TPSA) is 75.0 Å². The maximum atomic E-state index is 12.0. The van der Waals surface area contributed by atoms with Gasteiger partial charge in [0.15, 0.2) is 0 Å². The minimum Gasteiger partial charge on any atom is -0.488 e. The monoisotopic (exact) mass is 577 g/mol. The molecule has 2 aromatic carbocycles. The molecule has 2 aliphatic rings. The molecular formula is C32H43N3O5Si. The first-order chi connectivity index (χ1) is 19.8. The zero-order valence-corrected chi connectivity index (χ0v) is 25.8. The number of ether oxygens (including phenoxy) is 4. The number of fused-ring (bicyclic) bond motifs is 1. The molecule has 0 amide bonds. The van der Waals surface area contributed by atoms with Gasteiger partial charge >= 0.3 is 5.97 Å². The Morgan fingerprint density at radius 2 is 1.80 bits per heavy atom. The van der Waals surface area contributed by atoms with E-state index in [4.69, 9.17) is 18.9 Å². The number of piperidine rings is 1. The fraction of sp³-hybridized carbons (Fsp3) is 0.500. The van der Waals surface area contributed by atoms with Crippen molar-refractivity contribution >= 4 is 14.0 Å². The van der Waals surface area contributed by atoms with Gasteiger partial charge in [-0.1, -0.05) is 25.7 Å². The Labute approximate surface area is 244 Å². The number of rotatable bonds is 12. The minimum absolute atomic E-state index is 0.0301. The lowest BCUT2D eigenvalue weighted by molar-refractivity contribution is -0.149. The Bertz CT molecular complexity index is 1300. The van der Waals surface area contributed by atoms with Gasteiger partial charge in [0, 0.05) is 45.5 Å². The number of carbonyl (C=O) groups is 1. The van der Waals surface area contributed by atoms with Crippen molar-refractivity contribution in [1.29, 1.82) is 0 Å². The SMILES string of the molecule is CCOC(=O)C1CCN(CC2Cc3ccc(Oc4ccc(-c5ccnn5COCC[Si](C)(C)C)cc4)cc3O2)CC1. The molecule has 0 bridgehead atoms.